The van der Waals surface area contributed by atoms with Crippen LogP contribution in [0.4, 0.5) is 10.1 Å². The lowest BCUT2D eigenvalue weighted by atomic mass is 9.86. The fraction of sp³-hybridized carbons (Fsp3) is 0.448. The minimum absolute atomic E-state index is 0.0163. The van der Waals surface area contributed by atoms with E-state index in [-0.39, 0.29) is 18.3 Å². The highest BCUT2D eigenvalue weighted by Crippen LogP contribution is 2.36. The van der Waals surface area contributed by atoms with Gasteiger partial charge < -0.3 is 9.80 Å². The molecule has 1 saturated carbocycles. The van der Waals surface area contributed by atoms with Crippen molar-refractivity contribution in [3.05, 3.63) is 59.6 Å². The van der Waals surface area contributed by atoms with E-state index in [2.05, 4.69) is 23.6 Å². The largest absolute Gasteiger partial charge is 0.373 e. The van der Waals surface area contributed by atoms with Crippen molar-refractivity contribution in [3.63, 3.8) is 0 Å². The molecule has 2 aliphatic heterocycles. The molecule has 0 bridgehead atoms. The Balaban J connectivity index is 1.48. The van der Waals surface area contributed by atoms with E-state index in [0.717, 1.165) is 61.7 Å². The van der Waals surface area contributed by atoms with Crippen molar-refractivity contribution >= 4 is 34.5 Å². The summed E-state index contributed by atoms with van der Waals surface area (Å²) >= 11 is 0. The molecule has 0 saturated heterocycles. The van der Waals surface area contributed by atoms with Gasteiger partial charge in [0.25, 0.3) is 0 Å². The van der Waals surface area contributed by atoms with Crippen molar-refractivity contribution in [1.82, 2.24) is 14.9 Å². The zero-order chi connectivity index (χ0) is 26.2. The van der Waals surface area contributed by atoms with Crippen LogP contribution in [0.2, 0.25) is 0 Å². The number of amides is 1. The highest BCUT2D eigenvalue weighted by molar-refractivity contribution is 6.04. The summed E-state index contributed by atoms with van der Waals surface area (Å²) in [6.45, 7) is 6.73. The Hall–Kier alpha value is -3.55. The second kappa shape index (κ2) is 10.1. The first-order chi connectivity index (χ1) is 17.8. The van der Waals surface area contributed by atoms with Crippen LogP contribution < -0.4 is 4.90 Å². The molecule has 37 heavy (non-hydrogen) atoms. The summed E-state index contributed by atoms with van der Waals surface area (Å²) in [6, 6.07) is 9.27. The number of hydrogen-bond donors (Lipinski definition) is 1. The molecule has 194 valence electrons. The third kappa shape index (κ3) is 4.89. The molecule has 8 heteroatoms. The number of rotatable bonds is 4. The van der Waals surface area contributed by atoms with Crippen LogP contribution in [-0.4, -0.2) is 58.7 Å². The van der Waals surface area contributed by atoms with Crippen molar-refractivity contribution in [1.29, 1.82) is 5.41 Å². The monoisotopic (exact) mass is 502 g/mol. The predicted molar refractivity (Wildman–Crippen MR) is 147 cm³/mol. The molecule has 1 amide bonds. The number of allylic oxidation sites excluding steroid dienone is 2. The van der Waals surface area contributed by atoms with Gasteiger partial charge in [-0.2, -0.15) is 5.10 Å². The van der Waals surface area contributed by atoms with Crippen LogP contribution >= 0.6 is 0 Å². The fourth-order valence-corrected chi connectivity index (χ4v) is 5.68. The topological polar surface area (TPSA) is 75.9 Å². The Kier molecular flexibility index (Phi) is 6.84. The number of nitrogens with one attached hydrogen (secondary N) is 1. The van der Waals surface area contributed by atoms with E-state index in [1.165, 1.54) is 16.8 Å². The van der Waals surface area contributed by atoms with E-state index < -0.39 is 5.67 Å². The van der Waals surface area contributed by atoms with E-state index in [4.69, 9.17) is 10.4 Å². The molecule has 0 unspecified atom stereocenters. The highest BCUT2D eigenvalue weighted by Gasteiger charge is 2.36. The summed E-state index contributed by atoms with van der Waals surface area (Å²) in [4.78, 5) is 21.3. The van der Waals surface area contributed by atoms with E-state index >= 15 is 4.39 Å². The Morgan fingerprint density at radius 1 is 1.16 bits per heavy atom. The number of hydrogen-bond acceptors (Lipinski definition) is 5. The van der Waals surface area contributed by atoms with Crippen molar-refractivity contribution in [2.45, 2.75) is 64.0 Å². The zero-order valence-corrected chi connectivity index (χ0v) is 21.8. The number of alkyl halides is 1. The van der Waals surface area contributed by atoms with Crippen LogP contribution in [0.5, 0.6) is 0 Å². The number of benzene rings is 1. The van der Waals surface area contributed by atoms with Crippen molar-refractivity contribution in [3.8, 4) is 0 Å². The molecule has 0 radical (unpaired) electrons. The third-order valence-corrected chi connectivity index (χ3v) is 7.81. The molecule has 5 rings (SSSR count). The van der Waals surface area contributed by atoms with Gasteiger partial charge in [0.2, 0.25) is 5.91 Å². The molecular weight excluding hydrogens is 467 g/mol. The van der Waals surface area contributed by atoms with Gasteiger partial charge in [-0.3, -0.25) is 10.2 Å². The number of halogens is 1. The third-order valence-electron chi connectivity index (χ3n) is 7.81. The van der Waals surface area contributed by atoms with Gasteiger partial charge in [0.15, 0.2) is 5.84 Å². The molecule has 1 fully saturated rings. The molecule has 1 aromatic carbocycles. The average molecular weight is 503 g/mol. The van der Waals surface area contributed by atoms with Gasteiger partial charge in [0.1, 0.15) is 11.4 Å². The van der Waals surface area contributed by atoms with Crippen LogP contribution in [-0.2, 0) is 4.79 Å². The van der Waals surface area contributed by atoms with Gasteiger partial charge in [-0.15, -0.1) is 0 Å². The average Bonchev–Trinajstić information content (AvgIpc) is 3.08. The Bertz CT molecular complexity index is 1310. The number of carbonyl (C=O) groups excluding carboxylic acids is 1. The van der Waals surface area contributed by atoms with Crippen LogP contribution in [0.1, 0.15) is 64.0 Å². The first kappa shape index (κ1) is 25.1. The normalized spacial score (nSPS) is 19.6. The van der Waals surface area contributed by atoms with E-state index in [1.807, 2.05) is 24.3 Å². The maximum atomic E-state index is 15.7. The van der Waals surface area contributed by atoms with Crippen molar-refractivity contribution in [2.75, 3.05) is 25.0 Å². The summed E-state index contributed by atoms with van der Waals surface area (Å²) in [5.74, 6) is -0.108. The Morgan fingerprint density at radius 2 is 1.95 bits per heavy atom. The number of amidine groups is 1. The summed E-state index contributed by atoms with van der Waals surface area (Å²) in [7, 11) is 2.06. The number of pyridine rings is 1. The van der Waals surface area contributed by atoms with Gasteiger partial charge in [0.05, 0.1) is 35.4 Å². The van der Waals surface area contributed by atoms with E-state index in [9.17, 15) is 4.79 Å². The number of carbonyl (C=O) groups is 1. The summed E-state index contributed by atoms with van der Waals surface area (Å²) in [5, 5.41) is 15.9. The number of aromatic nitrogens is 1. The minimum Gasteiger partial charge on any atom is -0.373 e. The predicted octanol–water partition coefficient (Wildman–Crippen LogP) is 5.77. The SMILES string of the molecule is C=C1C2=C(C=NN1C(=N)c1ccc3cccc(N(CC4(F)CCCCC4)C(C)=O)c3n1)N(C)CCCC2. The Labute approximate surface area is 217 Å². The maximum absolute atomic E-state index is 15.7. The van der Waals surface area contributed by atoms with Gasteiger partial charge in [-0.1, -0.05) is 44.0 Å². The van der Waals surface area contributed by atoms with Gasteiger partial charge in [-0.25, -0.2) is 14.4 Å². The van der Waals surface area contributed by atoms with Gasteiger partial charge in [0, 0.05) is 31.5 Å². The zero-order valence-electron chi connectivity index (χ0n) is 21.8. The molecular formula is C29H35FN6O. The molecule has 0 spiro atoms. The minimum atomic E-state index is -1.39. The number of fused-ring (bicyclic) bond motifs is 1. The van der Waals surface area contributed by atoms with Gasteiger partial charge in [-0.05, 0) is 44.2 Å². The lowest BCUT2D eigenvalue weighted by Gasteiger charge is -2.35. The fourth-order valence-electron chi connectivity index (χ4n) is 5.68. The molecule has 0 atom stereocenters. The Morgan fingerprint density at radius 3 is 2.70 bits per heavy atom. The lowest BCUT2D eigenvalue weighted by Crippen LogP contribution is -2.43. The number of anilines is 1. The second-order valence-corrected chi connectivity index (χ2v) is 10.5. The molecule has 1 aromatic heterocycles. The first-order valence-electron chi connectivity index (χ1n) is 13.2. The quantitative estimate of drug-likeness (QED) is 0.425. The maximum Gasteiger partial charge on any atom is 0.224 e. The van der Waals surface area contributed by atoms with E-state index in [1.54, 1.807) is 12.3 Å². The number of nitrogens with zero attached hydrogens (tertiary/aromatic N) is 5. The number of para-hydroxylation sites is 1. The second-order valence-electron chi connectivity index (χ2n) is 10.5. The number of hydrazone groups is 1. The molecule has 3 heterocycles. The molecule has 7 nitrogen and oxygen atoms in total. The lowest BCUT2D eigenvalue weighted by molar-refractivity contribution is -0.117. The van der Waals surface area contributed by atoms with Crippen LogP contribution in [0.3, 0.4) is 0 Å². The van der Waals surface area contributed by atoms with Crippen LogP contribution in [0, 0.1) is 5.41 Å². The summed E-state index contributed by atoms with van der Waals surface area (Å²) < 4.78 is 15.7. The standard InChI is InChI=1S/C29H35FN6O/c1-20-23-11-5-8-17-34(3)26(23)18-32-36(20)28(31)24-14-13-22-10-9-12-25(27(22)33-24)35(21(2)37)19-29(30)15-6-4-7-16-29/h9-10,12-14,18,31H,1,4-8,11,15-17,19H2,2-3H3. The smallest absolute Gasteiger partial charge is 0.224 e. The van der Waals surface area contributed by atoms with Gasteiger partial charge >= 0.3 is 0 Å². The first-order valence-corrected chi connectivity index (χ1v) is 13.2. The van der Waals surface area contributed by atoms with Crippen LogP contribution in [0.15, 0.2) is 59.0 Å². The van der Waals surface area contributed by atoms with Crippen LogP contribution in [0.25, 0.3) is 10.9 Å². The molecule has 1 N–H and O–H groups in total. The highest BCUT2D eigenvalue weighted by atomic mass is 19.1. The molecule has 1 aliphatic carbocycles. The summed E-state index contributed by atoms with van der Waals surface area (Å²) in [6.07, 6.45) is 8.50. The summed E-state index contributed by atoms with van der Waals surface area (Å²) in [5.41, 5.74) is 3.01. The molecule has 2 aromatic rings. The van der Waals surface area contributed by atoms with Crippen molar-refractivity contribution in [2.24, 2.45) is 5.10 Å². The van der Waals surface area contributed by atoms with Crippen molar-refractivity contribution < 1.29 is 9.18 Å². The molecule has 3 aliphatic rings. The van der Waals surface area contributed by atoms with E-state index in [0.29, 0.717) is 35.4 Å².